The van der Waals surface area contributed by atoms with Gasteiger partial charge in [-0.3, -0.25) is 4.90 Å². The molecule has 2 atom stereocenters. The Morgan fingerprint density at radius 2 is 2.36 bits per heavy atom. The van der Waals surface area contributed by atoms with E-state index in [9.17, 15) is 0 Å². The Bertz CT molecular complexity index is 194. The van der Waals surface area contributed by atoms with Crippen molar-refractivity contribution in [2.75, 3.05) is 19.6 Å². The number of hydrogen-bond donors (Lipinski definition) is 1. The van der Waals surface area contributed by atoms with Crippen LogP contribution in [0.3, 0.4) is 0 Å². The van der Waals surface area contributed by atoms with Crippen molar-refractivity contribution in [2.24, 2.45) is 0 Å². The van der Waals surface area contributed by atoms with Gasteiger partial charge < -0.3 is 5.32 Å². The maximum absolute atomic E-state index is 5.84. The Kier molecular flexibility index (Phi) is 4.93. The van der Waals surface area contributed by atoms with Gasteiger partial charge in [0, 0.05) is 36.8 Å². The molecule has 2 nitrogen and oxygen atoms in total. The lowest BCUT2D eigenvalue weighted by molar-refractivity contribution is 0.151. The Labute approximate surface area is 92.3 Å². The Morgan fingerprint density at radius 1 is 1.64 bits per heavy atom. The summed E-state index contributed by atoms with van der Waals surface area (Å²) in [6.45, 7) is 11.2. The van der Waals surface area contributed by atoms with Gasteiger partial charge in [-0.15, -0.1) is 0 Å². The summed E-state index contributed by atoms with van der Waals surface area (Å²) in [5, 5.41) is 4.30. The molecule has 1 aliphatic rings. The molecule has 0 spiro atoms. The van der Waals surface area contributed by atoms with E-state index in [2.05, 4.69) is 30.6 Å². The monoisotopic (exact) mass is 216 g/mol. The molecule has 0 radical (unpaired) electrons. The van der Waals surface area contributed by atoms with Crippen LogP contribution in [0.25, 0.3) is 0 Å². The van der Waals surface area contributed by atoms with Crippen molar-refractivity contribution in [3.63, 3.8) is 0 Å². The van der Waals surface area contributed by atoms with Crippen LogP contribution in [-0.4, -0.2) is 36.6 Å². The first-order valence-corrected chi connectivity index (χ1v) is 5.82. The highest BCUT2D eigenvalue weighted by Crippen LogP contribution is 2.13. The van der Waals surface area contributed by atoms with Crippen molar-refractivity contribution >= 4 is 11.6 Å². The number of halogens is 1. The molecule has 14 heavy (non-hydrogen) atoms. The molecule has 1 aliphatic heterocycles. The summed E-state index contributed by atoms with van der Waals surface area (Å²) in [7, 11) is 0. The van der Waals surface area contributed by atoms with Crippen LogP contribution in [0.15, 0.2) is 11.6 Å². The van der Waals surface area contributed by atoms with Crippen LogP contribution < -0.4 is 5.32 Å². The van der Waals surface area contributed by atoms with Crippen LogP contribution in [0.1, 0.15) is 26.7 Å². The third kappa shape index (κ3) is 3.60. The zero-order valence-electron chi connectivity index (χ0n) is 9.22. The summed E-state index contributed by atoms with van der Waals surface area (Å²) in [5.41, 5.74) is 0. The van der Waals surface area contributed by atoms with Crippen molar-refractivity contribution < 1.29 is 0 Å². The lowest BCUT2D eigenvalue weighted by atomic mass is 10.1. The molecule has 2 unspecified atom stereocenters. The minimum atomic E-state index is 0.568. The van der Waals surface area contributed by atoms with Gasteiger partial charge in [0.05, 0.1) is 0 Å². The first-order valence-electron chi connectivity index (χ1n) is 5.44. The quantitative estimate of drug-likeness (QED) is 0.775. The van der Waals surface area contributed by atoms with Gasteiger partial charge in [0.15, 0.2) is 0 Å². The second-order valence-corrected chi connectivity index (χ2v) is 4.72. The van der Waals surface area contributed by atoms with Gasteiger partial charge in [-0.25, -0.2) is 0 Å². The van der Waals surface area contributed by atoms with E-state index in [1.54, 1.807) is 0 Å². The topological polar surface area (TPSA) is 15.3 Å². The first kappa shape index (κ1) is 12.0. The fourth-order valence-corrected chi connectivity index (χ4v) is 2.13. The van der Waals surface area contributed by atoms with Crippen LogP contribution in [-0.2, 0) is 0 Å². The van der Waals surface area contributed by atoms with E-state index in [-0.39, 0.29) is 0 Å². The van der Waals surface area contributed by atoms with E-state index in [1.165, 1.54) is 12.8 Å². The number of nitrogens with one attached hydrogen (secondary N) is 1. The van der Waals surface area contributed by atoms with Crippen LogP contribution >= 0.6 is 11.6 Å². The van der Waals surface area contributed by atoms with Crippen molar-refractivity contribution in [1.82, 2.24) is 10.2 Å². The number of nitrogens with zero attached hydrogens (tertiary/aromatic N) is 1. The largest absolute Gasteiger partial charge is 0.311 e. The van der Waals surface area contributed by atoms with Crippen LogP contribution in [0.4, 0.5) is 0 Å². The predicted molar refractivity (Wildman–Crippen MR) is 62.7 cm³/mol. The molecule has 3 heteroatoms. The molecule has 1 N–H and O–H groups in total. The molecular weight excluding hydrogens is 196 g/mol. The number of piperazine rings is 1. The van der Waals surface area contributed by atoms with E-state index in [0.29, 0.717) is 12.1 Å². The second-order valence-electron chi connectivity index (χ2n) is 4.19. The fraction of sp³-hybridized carbons (Fsp3) is 0.818. The Morgan fingerprint density at radius 3 is 2.93 bits per heavy atom. The van der Waals surface area contributed by atoms with Crippen molar-refractivity contribution in [3.8, 4) is 0 Å². The van der Waals surface area contributed by atoms with Gasteiger partial charge in [0.2, 0.25) is 0 Å². The normalized spacial score (nSPS) is 29.1. The van der Waals surface area contributed by atoms with E-state index in [0.717, 1.165) is 24.7 Å². The molecule has 0 saturated carbocycles. The summed E-state index contributed by atoms with van der Waals surface area (Å²) >= 11 is 5.84. The van der Waals surface area contributed by atoms with E-state index in [1.807, 2.05) is 0 Å². The molecule has 0 aromatic carbocycles. The zero-order chi connectivity index (χ0) is 10.6. The highest BCUT2D eigenvalue weighted by atomic mass is 35.5. The maximum Gasteiger partial charge on any atom is 0.0339 e. The van der Waals surface area contributed by atoms with Crippen molar-refractivity contribution in [1.29, 1.82) is 0 Å². The summed E-state index contributed by atoms with van der Waals surface area (Å²) in [6, 6.07) is 1.20. The SMILES string of the molecule is C=C(Cl)CN1CC(CCC)NCC1C. The van der Waals surface area contributed by atoms with E-state index in [4.69, 9.17) is 11.6 Å². The van der Waals surface area contributed by atoms with Crippen LogP contribution in [0, 0.1) is 0 Å². The summed E-state index contributed by atoms with van der Waals surface area (Å²) in [5.74, 6) is 0. The van der Waals surface area contributed by atoms with Crippen molar-refractivity contribution in [3.05, 3.63) is 11.6 Å². The van der Waals surface area contributed by atoms with Gasteiger partial charge in [0.25, 0.3) is 0 Å². The van der Waals surface area contributed by atoms with Gasteiger partial charge in [0.1, 0.15) is 0 Å². The van der Waals surface area contributed by atoms with E-state index < -0.39 is 0 Å². The highest BCUT2D eigenvalue weighted by Gasteiger charge is 2.23. The molecule has 1 saturated heterocycles. The van der Waals surface area contributed by atoms with Gasteiger partial charge >= 0.3 is 0 Å². The molecule has 0 aromatic heterocycles. The molecule has 0 amide bonds. The van der Waals surface area contributed by atoms with Gasteiger partial charge in [-0.05, 0) is 13.3 Å². The second kappa shape index (κ2) is 5.74. The average Bonchev–Trinajstić information content (AvgIpc) is 2.10. The van der Waals surface area contributed by atoms with Crippen LogP contribution in [0.2, 0.25) is 0 Å². The molecule has 1 fully saturated rings. The smallest absolute Gasteiger partial charge is 0.0339 e. The summed E-state index contributed by atoms with van der Waals surface area (Å²) in [6.07, 6.45) is 2.49. The van der Waals surface area contributed by atoms with Gasteiger partial charge in [-0.2, -0.15) is 0 Å². The highest BCUT2D eigenvalue weighted by molar-refractivity contribution is 6.29. The minimum absolute atomic E-state index is 0.568. The minimum Gasteiger partial charge on any atom is -0.311 e. The van der Waals surface area contributed by atoms with Crippen molar-refractivity contribution in [2.45, 2.75) is 38.8 Å². The molecule has 0 aliphatic carbocycles. The number of hydrogen-bond acceptors (Lipinski definition) is 2. The molecule has 0 aromatic rings. The predicted octanol–water partition coefficient (Wildman–Crippen LogP) is 2.20. The number of rotatable bonds is 4. The Balaban J connectivity index is 2.42. The zero-order valence-corrected chi connectivity index (χ0v) is 9.98. The third-order valence-electron chi connectivity index (χ3n) is 2.79. The van der Waals surface area contributed by atoms with Crippen LogP contribution in [0.5, 0.6) is 0 Å². The molecule has 1 rings (SSSR count). The fourth-order valence-electron chi connectivity index (χ4n) is 1.98. The first-order chi connectivity index (χ1) is 6.63. The van der Waals surface area contributed by atoms with E-state index >= 15 is 0 Å². The third-order valence-corrected chi connectivity index (χ3v) is 2.91. The molecular formula is C11H21ClN2. The lowest BCUT2D eigenvalue weighted by Gasteiger charge is -2.38. The standard InChI is InChI=1S/C11H21ClN2/c1-4-5-11-8-14(7-9(2)12)10(3)6-13-11/h10-11,13H,2,4-8H2,1,3H3. The molecule has 0 bridgehead atoms. The van der Waals surface area contributed by atoms with Gasteiger partial charge in [-0.1, -0.05) is 31.5 Å². The lowest BCUT2D eigenvalue weighted by Crippen LogP contribution is -2.55. The molecule has 1 heterocycles. The molecule has 82 valence electrons. The Hall–Kier alpha value is -0.0500. The summed E-state index contributed by atoms with van der Waals surface area (Å²) in [4.78, 5) is 2.41. The average molecular weight is 217 g/mol. The maximum atomic E-state index is 5.84. The summed E-state index contributed by atoms with van der Waals surface area (Å²) < 4.78 is 0.